The lowest BCUT2D eigenvalue weighted by Gasteiger charge is -2.33. The molecule has 2 unspecified atom stereocenters. The smallest absolute Gasteiger partial charge is 0.237 e. The third kappa shape index (κ3) is 2.52. The van der Waals surface area contributed by atoms with Crippen molar-refractivity contribution < 1.29 is 14.1 Å². The summed E-state index contributed by atoms with van der Waals surface area (Å²) in [6.45, 7) is 4.14. The van der Waals surface area contributed by atoms with Crippen molar-refractivity contribution in [3.63, 3.8) is 0 Å². The van der Waals surface area contributed by atoms with Crippen molar-refractivity contribution in [3.8, 4) is 0 Å². The second-order valence-corrected chi connectivity index (χ2v) is 8.14. The zero-order valence-electron chi connectivity index (χ0n) is 17.2. The van der Waals surface area contributed by atoms with Gasteiger partial charge < -0.3 is 14.7 Å². The molecule has 1 saturated heterocycles. The van der Waals surface area contributed by atoms with Crippen molar-refractivity contribution in [2.45, 2.75) is 38.1 Å². The van der Waals surface area contributed by atoms with Gasteiger partial charge in [-0.1, -0.05) is 23.4 Å². The van der Waals surface area contributed by atoms with E-state index in [1.54, 1.807) is 10.9 Å². The fourth-order valence-electron chi connectivity index (χ4n) is 5.01. The molecule has 30 heavy (non-hydrogen) atoms. The molecule has 1 N–H and O–H groups in total. The van der Waals surface area contributed by atoms with Gasteiger partial charge in [0.2, 0.25) is 11.8 Å². The van der Waals surface area contributed by atoms with Gasteiger partial charge in [-0.05, 0) is 31.9 Å². The van der Waals surface area contributed by atoms with Crippen LogP contribution in [0.2, 0.25) is 0 Å². The third-order valence-electron chi connectivity index (χ3n) is 6.46. The number of anilines is 1. The first-order valence-electron chi connectivity index (χ1n) is 10.0. The molecule has 0 radical (unpaired) electrons. The van der Waals surface area contributed by atoms with E-state index in [4.69, 9.17) is 4.52 Å². The molecule has 2 aliphatic rings. The largest absolute Gasteiger partial charge is 0.361 e. The normalized spacial score (nSPS) is 22.6. The predicted molar refractivity (Wildman–Crippen MR) is 109 cm³/mol. The Hall–Kier alpha value is -3.42. The van der Waals surface area contributed by atoms with Crippen LogP contribution < -0.4 is 5.32 Å². The predicted octanol–water partition coefficient (Wildman–Crippen LogP) is 2.43. The van der Waals surface area contributed by atoms with Crippen LogP contribution in [0.25, 0.3) is 0 Å². The average molecular weight is 405 g/mol. The Labute approximate surface area is 173 Å². The van der Waals surface area contributed by atoms with E-state index < -0.39 is 11.5 Å². The second kappa shape index (κ2) is 6.55. The first-order chi connectivity index (χ1) is 14.4. The minimum absolute atomic E-state index is 0.0488. The summed E-state index contributed by atoms with van der Waals surface area (Å²) < 4.78 is 6.94. The monoisotopic (exact) mass is 405 g/mol. The molecule has 8 heteroatoms. The van der Waals surface area contributed by atoms with Crippen molar-refractivity contribution >= 4 is 17.5 Å². The van der Waals surface area contributed by atoms with Crippen molar-refractivity contribution in [1.29, 1.82) is 0 Å². The van der Waals surface area contributed by atoms with Gasteiger partial charge >= 0.3 is 0 Å². The highest BCUT2D eigenvalue weighted by atomic mass is 16.5. The lowest BCUT2D eigenvalue weighted by atomic mass is 9.73. The van der Waals surface area contributed by atoms with E-state index in [0.717, 1.165) is 28.1 Å². The van der Waals surface area contributed by atoms with Crippen LogP contribution >= 0.6 is 0 Å². The number of carbonyl (C=O) groups excluding carboxylic acids is 2. The fourth-order valence-corrected chi connectivity index (χ4v) is 5.01. The number of aryl methyl sites for hydroxylation is 3. The number of benzene rings is 1. The highest BCUT2D eigenvalue weighted by molar-refractivity contribution is 6.07. The molecule has 4 heterocycles. The van der Waals surface area contributed by atoms with E-state index in [0.29, 0.717) is 18.7 Å². The summed E-state index contributed by atoms with van der Waals surface area (Å²) in [6, 6.07) is 7.32. The SMILES string of the molecule is Cc1noc(C)c1CC(=O)N1CCC2(C(=O)Nc3ccccc32)C1c1cnn(C)c1. The Balaban J connectivity index is 1.59. The van der Waals surface area contributed by atoms with Gasteiger partial charge in [-0.15, -0.1) is 0 Å². The highest BCUT2D eigenvalue weighted by Gasteiger charge is 2.59. The molecular formula is C22H23N5O3. The Morgan fingerprint density at radius 2 is 2.13 bits per heavy atom. The number of carbonyl (C=O) groups is 2. The molecule has 0 saturated carbocycles. The summed E-state index contributed by atoms with van der Waals surface area (Å²) in [4.78, 5) is 28.6. The molecular weight excluding hydrogens is 382 g/mol. The zero-order chi connectivity index (χ0) is 21.0. The Bertz CT molecular complexity index is 1140. The summed E-state index contributed by atoms with van der Waals surface area (Å²) >= 11 is 0. The van der Waals surface area contributed by atoms with Crippen LogP contribution in [-0.2, 0) is 28.5 Å². The topological polar surface area (TPSA) is 93.3 Å². The lowest BCUT2D eigenvalue weighted by molar-refractivity contribution is -0.132. The van der Waals surface area contributed by atoms with Gasteiger partial charge in [0.15, 0.2) is 0 Å². The minimum atomic E-state index is -0.825. The second-order valence-electron chi connectivity index (χ2n) is 8.14. The number of hydrogen-bond donors (Lipinski definition) is 1. The van der Waals surface area contributed by atoms with Crippen LogP contribution in [0.4, 0.5) is 5.69 Å². The van der Waals surface area contributed by atoms with E-state index in [2.05, 4.69) is 15.6 Å². The summed E-state index contributed by atoms with van der Waals surface area (Å²) in [7, 11) is 1.84. The molecule has 1 fully saturated rings. The third-order valence-corrected chi connectivity index (χ3v) is 6.46. The molecule has 2 amide bonds. The Morgan fingerprint density at radius 1 is 1.33 bits per heavy atom. The number of nitrogens with zero attached hydrogens (tertiary/aromatic N) is 4. The number of likely N-dealkylation sites (tertiary alicyclic amines) is 1. The maximum atomic E-state index is 13.5. The fraction of sp³-hybridized carbons (Fsp3) is 0.364. The van der Waals surface area contributed by atoms with Gasteiger partial charge in [0.05, 0.1) is 24.4 Å². The van der Waals surface area contributed by atoms with Gasteiger partial charge in [-0.25, -0.2) is 0 Å². The van der Waals surface area contributed by atoms with Crippen molar-refractivity contribution in [3.05, 3.63) is 64.8 Å². The molecule has 2 atom stereocenters. The van der Waals surface area contributed by atoms with Crippen LogP contribution in [-0.4, -0.2) is 38.2 Å². The quantitative estimate of drug-likeness (QED) is 0.722. The van der Waals surface area contributed by atoms with Gasteiger partial charge in [0.25, 0.3) is 0 Å². The number of fused-ring (bicyclic) bond motifs is 2. The summed E-state index contributed by atoms with van der Waals surface area (Å²) in [5.74, 6) is 0.536. The maximum Gasteiger partial charge on any atom is 0.237 e. The molecule has 1 spiro atoms. The summed E-state index contributed by atoms with van der Waals surface area (Å²) in [5, 5.41) is 11.3. The summed E-state index contributed by atoms with van der Waals surface area (Å²) in [6.07, 6.45) is 4.39. The average Bonchev–Trinajstić information content (AvgIpc) is 3.46. The van der Waals surface area contributed by atoms with Crippen LogP contribution in [0.15, 0.2) is 41.2 Å². The standard InChI is InChI=1S/C22H23N5O3/c1-13-16(14(2)30-25-13)10-19(28)27-9-8-22(20(27)15-11-23-26(3)12-15)17-6-4-5-7-18(17)24-21(22)29/h4-7,11-12,20H,8-10H2,1-3H3,(H,24,29). The van der Waals surface area contributed by atoms with Crippen LogP contribution in [0.3, 0.4) is 0 Å². The number of aromatic nitrogens is 3. The van der Waals surface area contributed by atoms with Crippen LogP contribution in [0.5, 0.6) is 0 Å². The molecule has 5 rings (SSSR count). The molecule has 2 aliphatic heterocycles. The number of nitrogens with one attached hydrogen (secondary N) is 1. The molecule has 154 valence electrons. The first kappa shape index (κ1) is 18.6. The van der Waals surface area contributed by atoms with E-state index in [9.17, 15) is 9.59 Å². The van der Waals surface area contributed by atoms with Gasteiger partial charge in [-0.2, -0.15) is 5.10 Å². The highest BCUT2D eigenvalue weighted by Crippen LogP contribution is 2.54. The van der Waals surface area contributed by atoms with Crippen LogP contribution in [0.1, 0.15) is 40.6 Å². The Kier molecular flexibility index (Phi) is 4.06. The number of hydrogen-bond acceptors (Lipinski definition) is 5. The van der Waals surface area contributed by atoms with Gasteiger partial charge in [0, 0.05) is 36.6 Å². The molecule has 2 aromatic heterocycles. The lowest BCUT2D eigenvalue weighted by Crippen LogP contribution is -2.43. The van der Waals surface area contributed by atoms with Crippen molar-refractivity contribution in [1.82, 2.24) is 19.8 Å². The van der Waals surface area contributed by atoms with Crippen molar-refractivity contribution in [2.75, 3.05) is 11.9 Å². The molecule has 1 aromatic carbocycles. The van der Waals surface area contributed by atoms with Gasteiger partial charge in [-0.3, -0.25) is 14.3 Å². The number of amides is 2. The van der Waals surface area contributed by atoms with E-state index in [-0.39, 0.29) is 18.2 Å². The first-order valence-corrected chi connectivity index (χ1v) is 10.0. The molecule has 0 aliphatic carbocycles. The maximum absolute atomic E-state index is 13.5. The van der Waals surface area contributed by atoms with Gasteiger partial charge in [0.1, 0.15) is 11.2 Å². The summed E-state index contributed by atoms with van der Waals surface area (Å²) in [5.41, 5.74) is 3.31. The van der Waals surface area contributed by atoms with Crippen molar-refractivity contribution in [2.24, 2.45) is 7.05 Å². The number of rotatable bonds is 3. The molecule has 0 bridgehead atoms. The van der Waals surface area contributed by atoms with E-state index in [1.807, 2.05) is 56.3 Å². The minimum Gasteiger partial charge on any atom is -0.361 e. The molecule has 3 aromatic rings. The van der Waals surface area contributed by atoms with E-state index in [1.165, 1.54) is 0 Å². The zero-order valence-corrected chi connectivity index (χ0v) is 17.2. The van der Waals surface area contributed by atoms with Crippen LogP contribution in [0, 0.1) is 13.8 Å². The Morgan fingerprint density at radius 3 is 2.83 bits per heavy atom. The number of para-hydroxylation sites is 1. The molecule has 8 nitrogen and oxygen atoms in total. The van der Waals surface area contributed by atoms with E-state index >= 15 is 0 Å².